The molecule has 0 spiro atoms. The van der Waals surface area contributed by atoms with E-state index in [1.165, 1.54) is 56.3 Å². The van der Waals surface area contributed by atoms with Gasteiger partial charge >= 0.3 is 0 Å². The Hall–Kier alpha value is -1.69. The number of nitrogens with zero attached hydrogens (tertiary/aromatic N) is 3. The predicted molar refractivity (Wildman–Crippen MR) is 107 cm³/mol. The highest BCUT2D eigenvalue weighted by atomic mass is 32.1. The van der Waals surface area contributed by atoms with Crippen molar-refractivity contribution in [1.82, 2.24) is 15.3 Å². The Morgan fingerprint density at radius 1 is 1.12 bits per heavy atom. The highest BCUT2D eigenvalue weighted by molar-refractivity contribution is 7.20. The smallest absolute Gasteiger partial charge is 0.261 e. The number of fused-ring (bicyclic) bond motifs is 1. The van der Waals surface area contributed by atoms with Crippen molar-refractivity contribution >= 4 is 33.3 Å². The van der Waals surface area contributed by atoms with Gasteiger partial charge in [0.1, 0.15) is 17.0 Å². The Balaban J connectivity index is 1.65. The lowest BCUT2D eigenvalue weighted by Crippen LogP contribution is -2.34. The van der Waals surface area contributed by atoms with Gasteiger partial charge in [-0.05, 0) is 38.2 Å². The zero-order valence-corrected chi connectivity index (χ0v) is 16.6. The fourth-order valence-electron chi connectivity index (χ4n) is 4.50. The summed E-state index contributed by atoms with van der Waals surface area (Å²) in [4.78, 5) is 25.9. The van der Waals surface area contributed by atoms with Crippen LogP contribution in [0.15, 0.2) is 6.33 Å². The van der Waals surface area contributed by atoms with Crippen molar-refractivity contribution in [2.75, 3.05) is 11.9 Å². The summed E-state index contributed by atoms with van der Waals surface area (Å²) >= 11 is 1.50. The first-order valence-electron chi connectivity index (χ1n) is 9.93. The molecule has 2 aliphatic carbocycles. The van der Waals surface area contributed by atoms with Crippen LogP contribution in [0.3, 0.4) is 0 Å². The van der Waals surface area contributed by atoms with Crippen LogP contribution in [0.4, 0.5) is 5.82 Å². The molecule has 0 saturated heterocycles. The van der Waals surface area contributed by atoms with Gasteiger partial charge < -0.3 is 10.2 Å². The van der Waals surface area contributed by atoms with Gasteiger partial charge in [0.25, 0.3) is 5.91 Å². The zero-order valence-electron chi connectivity index (χ0n) is 15.8. The van der Waals surface area contributed by atoms with Crippen LogP contribution < -0.4 is 10.2 Å². The highest BCUT2D eigenvalue weighted by Crippen LogP contribution is 2.36. The van der Waals surface area contributed by atoms with Crippen LogP contribution in [0.2, 0.25) is 0 Å². The largest absolute Gasteiger partial charge is 0.356 e. The average molecular weight is 373 g/mol. The molecular weight excluding hydrogens is 344 g/mol. The summed E-state index contributed by atoms with van der Waals surface area (Å²) in [6.45, 7) is 2.05. The van der Waals surface area contributed by atoms with E-state index in [2.05, 4.69) is 27.2 Å². The molecule has 1 amide bonds. The van der Waals surface area contributed by atoms with Crippen LogP contribution in [0.5, 0.6) is 0 Å². The van der Waals surface area contributed by atoms with Crippen LogP contribution in [0, 0.1) is 6.92 Å². The molecule has 2 aromatic heterocycles. The molecule has 2 heterocycles. The van der Waals surface area contributed by atoms with Crippen molar-refractivity contribution in [3.8, 4) is 0 Å². The van der Waals surface area contributed by atoms with E-state index in [4.69, 9.17) is 0 Å². The molecule has 0 aromatic carbocycles. The number of aryl methyl sites for hydroxylation is 1. The van der Waals surface area contributed by atoms with E-state index < -0.39 is 0 Å². The van der Waals surface area contributed by atoms with Crippen molar-refractivity contribution in [1.29, 1.82) is 0 Å². The summed E-state index contributed by atoms with van der Waals surface area (Å²) < 4.78 is 0. The fraction of sp³-hybridized carbons (Fsp3) is 0.650. The van der Waals surface area contributed by atoms with Crippen molar-refractivity contribution in [3.05, 3.63) is 16.8 Å². The second-order valence-corrected chi connectivity index (χ2v) is 8.79. The Kier molecular flexibility index (Phi) is 5.11. The molecule has 0 bridgehead atoms. The molecule has 0 atom stereocenters. The molecule has 1 N–H and O–H groups in total. The number of aromatic nitrogens is 2. The molecule has 4 rings (SSSR count). The number of amides is 1. The van der Waals surface area contributed by atoms with Crippen molar-refractivity contribution < 1.29 is 4.79 Å². The van der Waals surface area contributed by atoms with E-state index in [0.29, 0.717) is 12.1 Å². The Bertz CT molecular complexity index is 790. The molecule has 2 aliphatic rings. The zero-order chi connectivity index (χ0) is 18.1. The number of thiophene rings is 1. The minimum atomic E-state index is 0.0590. The Labute approximate surface area is 159 Å². The lowest BCUT2D eigenvalue weighted by Gasteiger charge is -2.32. The number of anilines is 1. The predicted octanol–water partition coefficient (Wildman–Crippen LogP) is 4.44. The van der Waals surface area contributed by atoms with Gasteiger partial charge in [0, 0.05) is 19.1 Å². The molecule has 2 fully saturated rings. The molecule has 2 aromatic rings. The number of rotatable bonds is 4. The number of carbonyl (C=O) groups is 1. The fourth-order valence-corrected chi connectivity index (χ4v) is 5.55. The van der Waals surface area contributed by atoms with Crippen molar-refractivity contribution in [2.45, 2.75) is 76.8 Å². The lowest BCUT2D eigenvalue weighted by molar-refractivity contribution is 0.0941. The molecule has 26 heavy (non-hydrogen) atoms. The van der Waals surface area contributed by atoms with Gasteiger partial charge in [-0.15, -0.1) is 11.3 Å². The minimum Gasteiger partial charge on any atom is -0.356 e. The highest BCUT2D eigenvalue weighted by Gasteiger charge is 2.26. The second-order valence-electron chi connectivity index (χ2n) is 7.79. The first-order chi connectivity index (χ1) is 12.6. The van der Waals surface area contributed by atoms with E-state index in [-0.39, 0.29) is 5.91 Å². The van der Waals surface area contributed by atoms with Crippen LogP contribution in [0.25, 0.3) is 10.2 Å². The SMILES string of the molecule is Cc1c(C(=O)NC2CCCC2)sc2ncnc(N(C)C3CCCCC3)c12. The quantitative estimate of drug-likeness (QED) is 0.862. The normalized spacial score (nSPS) is 19.2. The summed E-state index contributed by atoms with van der Waals surface area (Å²) in [7, 11) is 2.15. The molecule has 2 saturated carbocycles. The molecule has 0 unspecified atom stereocenters. The topological polar surface area (TPSA) is 58.1 Å². The summed E-state index contributed by atoms with van der Waals surface area (Å²) in [5, 5.41) is 4.28. The van der Waals surface area contributed by atoms with Crippen LogP contribution in [0.1, 0.15) is 73.0 Å². The first-order valence-corrected chi connectivity index (χ1v) is 10.7. The number of hydrogen-bond donors (Lipinski definition) is 1. The monoisotopic (exact) mass is 372 g/mol. The average Bonchev–Trinajstić information content (AvgIpc) is 3.29. The van der Waals surface area contributed by atoms with Gasteiger partial charge in [0.05, 0.1) is 10.3 Å². The summed E-state index contributed by atoms with van der Waals surface area (Å²) in [6, 6.07) is 0.875. The van der Waals surface area contributed by atoms with Gasteiger partial charge in [-0.1, -0.05) is 32.1 Å². The van der Waals surface area contributed by atoms with E-state index in [9.17, 15) is 4.79 Å². The molecule has 0 radical (unpaired) electrons. The minimum absolute atomic E-state index is 0.0590. The molecule has 0 aliphatic heterocycles. The Morgan fingerprint density at radius 2 is 1.81 bits per heavy atom. The number of nitrogens with one attached hydrogen (secondary N) is 1. The molecule has 5 nitrogen and oxygen atoms in total. The summed E-state index contributed by atoms with van der Waals surface area (Å²) in [5.41, 5.74) is 1.03. The standard InChI is InChI=1S/C20H28N4OS/c1-13-16-18(24(2)15-10-4-3-5-11-15)21-12-22-20(16)26-17(13)19(25)23-14-8-6-7-9-14/h12,14-15H,3-11H2,1-2H3,(H,23,25). The number of hydrogen-bond acceptors (Lipinski definition) is 5. The number of carbonyl (C=O) groups excluding carboxylic acids is 1. The van der Waals surface area contributed by atoms with Gasteiger partial charge in [0.15, 0.2) is 0 Å². The third kappa shape index (κ3) is 3.31. The third-order valence-electron chi connectivity index (χ3n) is 6.06. The van der Waals surface area contributed by atoms with Crippen LogP contribution in [-0.2, 0) is 0 Å². The second kappa shape index (κ2) is 7.51. The van der Waals surface area contributed by atoms with E-state index in [0.717, 1.165) is 39.3 Å². The van der Waals surface area contributed by atoms with Crippen LogP contribution >= 0.6 is 11.3 Å². The van der Waals surface area contributed by atoms with E-state index >= 15 is 0 Å². The van der Waals surface area contributed by atoms with Gasteiger partial charge in [-0.2, -0.15) is 0 Å². The molecule has 6 heteroatoms. The maximum Gasteiger partial charge on any atom is 0.261 e. The van der Waals surface area contributed by atoms with Crippen LogP contribution in [-0.4, -0.2) is 35.0 Å². The van der Waals surface area contributed by atoms with Crippen molar-refractivity contribution in [3.63, 3.8) is 0 Å². The van der Waals surface area contributed by atoms with E-state index in [1.54, 1.807) is 6.33 Å². The summed E-state index contributed by atoms with van der Waals surface area (Å²) in [6.07, 6.45) is 12.7. The van der Waals surface area contributed by atoms with Crippen molar-refractivity contribution in [2.24, 2.45) is 0 Å². The lowest BCUT2D eigenvalue weighted by atomic mass is 9.94. The van der Waals surface area contributed by atoms with E-state index in [1.807, 2.05) is 6.92 Å². The van der Waals surface area contributed by atoms with Gasteiger partial charge in [0.2, 0.25) is 0 Å². The maximum absolute atomic E-state index is 12.8. The Morgan fingerprint density at radius 3 is 2.54 bits per heavy atom. The maximum atomic E-state index is 12.8. The molecule has 140 valence electrons. The van der Waals surface area contributed by atoms with Gasteiger partial charge in [-0.25, -0.2) is 9.97 Å². The summed E-state index contributed by atoms with van der Waals surface area (Å²) in [5.74, 6) is 1.04. The first kappa shape index (κ1) is 17.7. The third-order valence-corrected chi connectivity index (χ3v) is 7.26. The molecular formula is C20H28N4OS. The van der Waals surface area contributed by atoms with Gasteiger partial charge in [-0.3, -0.25) is 4.79 Å².